The van der Waals surface area contributed by atoms with Crippen molar-refractivity contribution in [1.82, 2.24) is 20.2 Å². The molecule has 8 nitrogen and oxygen atoms in total. The minimum atomic E-state index is 0.591. The number of hydrogen-bond donors (Lipinski definition) is 1. The van der Waals surface area contributed by atoms with Crippen molar-refractivity contribution >= 4 is 11.9 Å². The number of piperazine rings is 1. The number of aliphatic imine (C=N–C) groups is 1. The Balaban J connectivity index is 1.53. The minimum absolute atomic E-state index is 0.591. The molecule has 2 aromatic rings. The summed E-state index contributed by atoms with van der Waals surface area (Å²) in [6, 6.07) is 10.3. The summed E-state index contributed by atoms with van der Waals surface area (Å²) in [5.74, 6) is 1.75. The first-order chi connectivity index (χ1) is 15.3. The van der Waals surface area contributed by atoms with Gasteiger partial charge in [0.15, 0.2) is 5.96 Å². The molecule has 1 aromatic heterocycles. The van der Waals surface area contributed by atoms with Crippen molar-refractivity contribution < 1.29 is 9.47 Å². The first kappa shape index (κ1) is 23.0. The third kappa shape index (κ3) is 7.48. The number of benzene rings is 1. The van der Waals surface area contributed by atoms with Crippen molar-refractivity contribution in [2.24, 2.45) is 4.99 Å². The van der Waals surface area contributed by atoms with Gasteiger partial charge in [-0.3, -0.25) is 0 Å². The molecule has 0 bridgehead atoms. The Kier molecular flexibility index (Phi) is 9.53. The van der Waals surface area contributed by atoms with Gasteiger partial charge in [-0.1, -0.05) is 24.3 Å². The van der Waals surface area contributed by atoms with Crippen LogP contribution in [0.3, 0.4) is 0 Å². The minimum Gasteiger partial charge on any atom is -0.379 e. The molecule has 0 spiro atoms. The molecule has 0 saturated carbocycles. The van der Waals surface area contributed by atoms with E-state index in [9.17, 15) is 0 Å². The van der Waals surface area contributed by atoms with Crippen molar-refractivity contribution in [2.45, 2.75) is 27.0 Å². The van der Waals surface area contributed by atoms with Gasteiger partial charge in [0.05, 0.1) is 26.4 Å². The monoisotopic (exact) mass is 426 g/mol. The summed E-state index contributed by atoms with van der Waals surface area (Å²) in [5, 5.41) is 3.43. The molecule has 168 valence electrons. The van der Waals surface area contributed by atoms with E-state index in [4.69, 9.17) is 14.5 Å². The first-order valence-electron chi connectivity index (χ1n) is 11.1. The van der Waals surface area contributed by atoms with Crippen molar-refractivity contribution in [3.8, 4) is 0 Å². The van der Waals surface area contributed by atoms with Crippen molar-refractivity contribution in [2.75, 3.05) is 57.4 Å². The molecule has 1 N–H and O–H groups in total. The zero-order valence-electron chi connectivity index (χ0n) is 18.7. The number of nitrogens with zero attached hydrogens (tertiary/aromatic N) is 5. The summed E-state index contributed by atoms with van der Waals surface area (Å²) < 4.78 is 11.0. The Labute approximate surface area is 185 Å². The number of rotatable bonds is 10. The predicted molar refractivity (Wildman–Crippen MR) is 123 cm³/mol. The number of guanidine groups is 1. The van der Waals surface area contributed by atoms with Crippen LogP contribution >= 0.6 is 0 Å². The Bertz CT molecular complexity index is 794. The lowest BCUT2D eigenvalue weighted by atomic mass is 10.1. The van der Waals surface area contributed by atoms with Gasteiger partial charge < -0.3 is 24.6 Å². The van der Waals surface area contributed by atoms with E-state index < -0.39 is 0 Å². The summed E-state index contributed by atoms with van der Waals surface area (Å²) in [5.41, 5.74) is 2.34. The lowest BCUT2D eigenvalue weighted by molar-refractivity contribution is 0.0453. The number of nitrogens with one attached hydrogen (secondary N) is 1. The first-order valence-corrected chi connectivity index (χ1v) is 11.1. The van der Waals surface area contributed by atoms with Gasteiger partial charge in [-0.2, -0.15) is 0 Å². The molecule has 1 fully saturated rings. The molecule has 1 aliphatic rings. The quantitative estimate of drug-likeness (QED) is 0.355. The van der Waals surface area contributed by atoms with E-state index in [1.54, 1.807) is 12.4 Å². The second-order valence-corrected chi connectivity index (χ2v) is 7.26. The number of ether oxygens (including phenoxy) is 2. The van der Waals surface area contributed by atoms with E-state index in [2.05, 4.69) is 56.3 Å². The van der Waals surface area contributed by atoms with Crippen LogP contribution in [-0.2, 0) is 22.6 Å². The van der Waals surface area contributed by atoms with Crippen molar-refractivity contribution in [3.05, 3.63) is 53.9 Å². The summed E-state index contributed by atoms with van der Waals surface area (Å²) in [7, 11) is 0. The highest BCUT2D eigenvalue weighted by molar-refractivity contribution is 5.80. The van der Waals surface area contributed by atoms with Gasteiger partial charge in [-0.15, -0.1) is 0 Å². The average Bonchev–Trinajstić information content (AvgIpc) is 2.83. The summed E-state index contributed by atoms with van der Waals surface area (Å²) in [6.45, 7) is 11.7. The number of aromatic nitrogens is 2. The van der Waals surface area contributed by atoms with Crippen LogP contribution in [0.25, 0.3) is 0 Å². The molecule has 1 aromatic carbocycles. The van der Waals surface area contributed by atoms with Crippen LogP contribution in [0.5, 0.6) is 0 Å². The van der Waals surface area contributed by atoms with E-state index in [1.807, 2.05) is 13.0 Å². The van der Waals surface area contributed by atoms with E-state index in [0.29, 0.717) is 26.4 Å². The normalized spacial score (nSPS) is 14.7. The Morgan fingerprint density at radius 3 is 2.48 bits per heavy atom. The molecule has 3 rings (SSSR count). The van der Waals surface area contributed by atoms with E-state index in [0.717, 1.165) is 56.8 Å². The van der Waals surface area contributed by atoms with Gasteiger partial charge in [0, 0.05) is 51.7 Å². The summed E-state index contributed by atoms with van der Waals surface area (Å²) in [6.07, 6.45) is 3.58. The van der Waals surface area contributed by atoms with Crippen LogP contribution in [0.1, 0.15) is 25.0 Å². The van der Waals surface area contributed by atoms with Crippen LogP contribution in [-0.4, -0.2) is 73.4 Å². The number of hydrogen-bond acceptors (Lipinski definition) is 6. The Morgan fingerprint density at radius 1 is 1.00 bits per heavy atom. The molecule has 8 heteroatoms. The third-order valence-corrected chi connectivity index (χ3v) is 5.00. The highest BCUT2D eigenvalue weighted by Crippen LogP contribution is 2.11. The average molecular weight is 427 g/mol. The Hall–Kier alpha value is -2.71. The van der Waals surface area contributed by atoms with Gasteiger partial charge in [-0.25, -0.2) is 15.0 Å². The lowest BCUT2D eigenvalue weighted by Crippen LogP contribution is -2.52. The fourth-order valence-electron chi connectivity index (χ4n) is 3.43. The molecular formula is C23H34N6O2. The topological polar surface area (TPSA) is 75.1 Å². The van der Waals surface area contributed by atoms with Gasteiger partial charge in [-0.05, 0) is 31.0 Å². The zero-order chi connectivity index (χ0) is 21.7. The second-order valence-electron chi connectivity index (χ2n) is 7.26. The van der Waals surface area contributed by atoms with Crippen LogP contribution in [0.15, 0.2) is 47.7 Å². The molecule has 0 atom stereocenters. The SMILES string of the molecule is CCNC(=NCc1cccc(COCCOCC)c1)N1CCN(c2ncccn2)CC1. The summed E-state index contributed by atoms with van der Waals surface area (Å²) >= 11 is 0. The molecule has 1 aliphatic heterocycles. The van der Waals surface area contributed by atoms with Crippen molar-refractivity contribution in [3.63, 3.8) is 0 Å². The largest absolute Gasteiger partial charge is 0.379 e. The molecular weight excluding hydrogens is 392 g/mol. The van der Waals surface area contributed by atoms with E-state index >= 15 is 0 Å². The van der Waals surface area contributed by atoms with Crippen LogP contribution in [0.2, 0.25) is 0 Å². The maximum absolute atomic E-state index is 5.69. The van der Waals surface area contributed by atoms with E-state index in [1.165, 1.54) is 5.56 Å². The highest BCUT2D eigenvalue weighted by Gasteiger charge is 2.21. The van der Waals surface area contributed by atoms with Crippen LogP contribution in [0.4, 0.5) is 5.95 Å². The van der Waals surface area contributed by atoms with Crippen LogP contribution < -0.4 is 10.2 Å². The molecule has 2 heterocycles. The lowest BCUT2D eigenvalue weighted by Gasteiger charge is -2.36. The Morgan fingerprint density at radius 2 is 1.74 bits per heavy atom. The van der Waals surface area contributed by atoms with Crippen molar-refractivity contribution in [1.29, 1.82) is 0 Å². The molecule has 31 heavy (non-hydrogen) atoms. The van der Waals surface area contributed by atoms with E-state index in [-0.39, 0.29) is 0 Å². The molecule has 0 aliphatic carbocycles. The third-order valence-electron chi connectivity index (χ3n) is 5.00. The summed E-state index contributed by atoms with van der Waals surface area (Å²) in [4.78, 5) is 18.1. The van der Waals surface area contributed by atoms with Gasteiger partial charge in [0.2, 0.25) is 5.95 Å². The zero-order valence-corrected chi connectivity index (χ0v) is 18.7. The van der Waals surface area contributed by atoms with Gasteiger partial charge in [0.25, 0.3) is 0 Å². The standard InChI is InChI=1S/C23H34N6O2/c1-3-24-22(28-11-13-29(14-12-28)23-25-9-6-10-26-23)27-18-20-7-5-8-21(17-20)19-31-16-15-30-4-2/h5-10,17H,3-4,11-16,18-19H2,1-2H3,(H,24,27). The molecule has 0 amide bonds. The maximum Gasteiger partial charge on any atom is 0.225 e. The molecule has 0 unspecified atom stereocenters. The van der Waals surface area contributed by atoms with Gasteiger partial charge in [0.1, 0.15) is 0 Å². The fourth-order valence-corrected chi connectivity index (χ4v) is 3.43. The molecule has 0 radical (unpaired) electrons. The van der Waals surface area contributed by atoms with Gasteiger partial charge >= 0.3 is 0 Å². The second kappa shape index (κ2) is 12.9. The molecule has 1 saturated heterocycles. The highest BCUT2D eigenvalue weighted by atomic mass is 16.5. The number of anilines is 1. The fraction of sp³-hybridized carbons (Fsp3) is 0.522. The predicted octanol–water partition coefficient (Wildman–Crippen LogP) is 2.32. The smallest absolute Gasteiger partial charge is 0.225 e. The maximum atomic E-state index is 5.69. The van der Waals surface area contributed by atoms with Crippen LogP contribution in [0, 0.1) is 0 Å².